The molecule has 0 aliphatic carbocycles. The molecule has 2 aromatic carbocycles. The van der Waals surface area contributed by atoms with Crippen molar-refractivity contribution in [2.75, 3.05) is 16.0 Å². The third kappa shape index (κ3) is 6.90. The molecule has 0 aliphatic rings. The van der Waals surface area contributed by atoms with Crippen LogP contribution >= 0.6 is 0 Å². The fourth-order valence-corrected chi connectivity index (χ4v) is 3.09. The molecule has 0 atom stereocenters. The Morgan fingerprint density at radius 3 is 2.23 bits per heavy atom. The van der Waals surface area contributed by atoms with Gasteiger partial charge in [0.25, 0.3) is 5.91 Å². The Morgan fingerprint density at radius 1 is 0.829 bits per heavy atom. The van der Waals surface area contributed by atoms with E-state index in [9.17, 15) is 18.0 Å². The SMILES string of the molecule is Cc1nc(Nc2ccc(NC(=O)c3cccc(OC(F)(F)F)c3)cc2)cc(Nc2ccccn2)n1. The van der Waals surface area contributed by atoms with Gasteiger partial charge in [0.05, 0.1) is 0 Å². The van der Waals surface area contributed by atoms with Crippen LogP contribution in [-0.4, -0.2) is 27.2 Å². The number of benzene rings is 2. The number of pyridine rings is 1. The normalized spacial score (nSPS) is 11.0. The fourth-order valence-electron chi connectivity index (χ4n) is 3.09. The van der Waals surface area contributed by atoms with Crippen molar-refractivity contribution in [2.45, 2.75) is 13.3 Å². The summed E-state index contributed by atoms with van der Waals surface area (Å²) >= 11 is 0. The highest BCUT2D eigenvalue weighted by Gasteiger charge is 2.31. The number of aryl methyl sites for hydroxylation is 1. The van der Waals surface area contributed by atoms with Crippen LogP contribution in [0.25, 0.3) is 0 Å². The lowest BCUT2D eigenvalue weighted by Gasteiger charge is -2.11. The minimum atomic E-state index is -4.84. The number of hydrogen-bond donors (Lipinski definition) is 3. The highest BCUT2D eigenvalue weighted by molar-refractivity contribution is 6.04. The number of rotatable bonds is 7. The van der Waals surface area contributed by atoms with Gasteiger partial charge in [0.15, 0.2) is 0 Å². The van der Waals surface area contributed by atoms with Gasteiger partial charge in [-0.15, -0.1) is 13.2 Å². The molecule has 0 fully saturated rings. The van der Waals surface area contributed by atoms with Gasteiger partial charge in [0.1, 0.15) is 29.0 Å². The van der Waals surface area contributed by atoms with Gasteiger partial charge in [0, 0.05) is 29.2 Å². The smallest absolute Gasteiger partial charge is 0.406 e. The van der Waals surface area contributed by atoms with Crippen LogP contribution in [0.1, 0.15) is 16.2 Å². The zero-order valence-corrected chi connectivity index (χ0v) is 18.3. The molecule has 4 aromatic rings. The molecule has 0 saturated heterocycles. The average molecular weight is 480 g/mol. The molecule has 2 aromatic heterocycles. The molecule has 1 amide bonds. The van der Waals surface area contributed by atoms with Crippen LogP contribution in [-0.2, 0) is 0 Å². The summed E-state index contributed by atoms with van der Waals surface area (Å²) in [6.45, 7) is 1.77. The monoisotopic (exact) mass is 480 g/mol. The predicted molar refractivity (Wildman–Crippen MR) is 125 cm³/mol. The Hall–Kier alpha value is -4.67. The quantitative estimate of drug-likeness (QED) is 0.306. The van der Waals surface area contributed by atoms with E-state index < -0.39 is 18.0 Å². The Bertz CT molecular complexity index is 1320. The maximum Gasteiger partial charge on any atom is 0.573 e. The van der Waals surface area contributed by atoms with E-state index in [1.54, 1.807) is 43.5 Å². The van der Waals surface area contributed by atoms with Gasteiger partial charge in [0.2, 0.25) is 0 Å². The molecule has 0 bridgehead atoms. The third-order valence-corrected chi connectivity index (χ3v) is 4.50. The van der Waals surface area contributed by atoms with Crippen molar-refractivity contribution in [1.29, 1.82) is 0 Å². The number of carbonyl (C=O) groups is 1. The second kappa shape index (κ2) is 10.1. The molecule has 0 radical (unpaired) electrons. The number of nitrogens with zero attached hydrogens (tertiary/aromatic N) is 3. The zero-order valence-electron chi connectivity index (χ0n) is 18.3. The molecule has 2 heterocycles. The molecule has 35 heavy (non-hydrogen) atoms. The second-order valence-electron chi connectivity index (χ2n) is 7.26. The average Bonchev–Trinajstić information content (AvgIpc) is 2.80. The van der Waals surface area contributed by atoms with E-state index in [0.717, 1.165) is 12.1 Å². The van der Waals surface area contributed by atoms with E-state index >= 15 is 0 Å². The number of aromatic nitrogens is 3. The van der Waals surface area contributed by atoms with E-state index in [-0.39, 0.29) is 5.56 Å². The zero-order chi connectivity index (χ0) is 24.8. The van der Waals surface area contributed by atoms with E-state index in [4.69, 9.17) is 0 Å². The Balaban J connectivity index is 1.41. The van der Waals surface area contributed by atoms with Crippen LogP contribution in [0.2, 0.25) is 0 Å². The number of carbonyl (C=O) groups excluding carboxylic acids is 1. The topological polar surface area (TPSA) is 101 Å². The van der Waals surface area contributed by atoms with Crippen LogP contribution in [0, 0.1) is 6.92 Å². The van der Waals surface area contributed by atoms with Gasteiger partial charge in [-0.1, -0.05) is 12.1 Å². The van der Waals surface area contributed by atoms with Crippen LogP contribution in [0.4, 0.5) is 42.0 Å². The molecule has 178 valence electrons. The van der Waals surface area contributed by atoms with Crippen LogP contribution in [0.3, 0.4) is 0 Å². The lowest BCUT2D eigenvalue weighted by atomic mass is 10.2. The summed E-state index contributed by atoms with van der Waals surface area (Å²) in [7, 11) is 0. The third-order valence-electron chi connectivity index (χ3n) is 4.50. The molecular formula is C24H19F3N6O2. The standard InChI is InChI=1S/C24H19F3N6O2/c1-15-29-21(14-22(30-15)33-20-7-2-3-12-28-20)31-17-8-10-18(11-9-17)32-23(34)16-5-4-6-19(13-16)35-24(25,26)27/h2-14H,1H3,(H,32,34)(H2,28,29,30,31,33). The lowest BCUT2D eigenvalue weighted by Crippen LogP contribution is -2.18. The van der Waals surface area contributed by atoms with Crippen LogP contribution < -0.4 is 20.7 Å². The number of alkyl halides is 3. The summed E-state index contributed by atoms with van der Waals surface area (Å²) in [5.74, 6) is 1.27. The van der Waals surface area contributed by atoms with Crippen LogP contribution in [0.15, 0.2) is 79.0 Å². The number of nitrogens with one attached hydrogen (secondary N) is 3. The number of anilines is 5. The van der Waals surface area contributed by atoms with Crippen LogP contribution in [0.5, 0.6) is 5.75 Å². The number of amides is 1. The molecule has 0 saturated carbocycles. The van der Waals surface area contributed by atoms with Crippen molar-refractivity contribution in [3.8, 4) is 5.75 Å². The molecule has 11 heteroatoms. The van der Waals surface area contributed by atoms with Gasteiger partial charge in [-0.3, -0.25) is 4.79 Å². The largest absolute Gasteiger partial charge is 0.573 e. The summed E-state index contributed by atoms with van der Waals surface area (Å²) in [4.78, 5) is 25.4. The van der Waals surface area contributed by atoms with Crippen molar-refractivity contribution in [3.05, 3.63) is 90.4 Å². The van der Waals surface area contributed by atoms with Crippen molar-refractivity contribution >= 4 is 34.7 Å². The molecule has 0 spiro atoms. The first kappa shape index (κ1) is 23.5. The molecule has 3 N–H and O–H groups in total. The first-order chi connectivity index (χ1) is 16.7. The van der Waals surface area contributed by atoms with Gasteiger partial charge >= 0.3 is 6.36 Å². The maximum absolute atomic E-state index is 12.4. The summed E-state index contributed by atoms with van der Waals surface area (Å²) in [6.07, 6.45) is -3.17. The predicted octanol–water partition coefficient (Wildman–Crippen LogP) is 5.82. The summed E-state index contributed by atoms with van der Waals surface area (Å²) in [5, 5.41) is 8.92. The summed E-state index contributed by atoms with van der Waals surface area (Å²) < 4.78 is 41.1. The van der Waals surface area contributed by atoms with Crippen molar-refractivity contribution < 1.29 is 22.7 Å². The molecular weight excluding hydrogens is 461 g/mol. The fraction of sp³-hybridized carbons (Fsp3) is 0.0833. The van der Waals surface area contributed by atoms with E-state index in [2.05, 4.69) is 35.6 Å². The van der Waals surface area contributed by atoms with Crippen molar-refractivity contribution in [2.24, 2.45) is 0 Å². The lowest BCUT2D eigenvalue weighted by molar-refractivity contribution is -0.274. The number of ether oxygens (including phenoxy) is 1. The highest BCUT2D eigenvalue weighted by Crippen LogP contribution is 2.24. The maximum atomic E-state index is 12.4. The second-order valence-corrected chi connectivity index (χ2v) is 7.26. The minimum absolute atomic E-state index is 0.0262. The number of hydrogen-bond acceptors (Lipinski definition) is 7. The molecule has 0 aliphatic heterocycles. The molecule has 4 rings (SSSR count). The first-order valence-electron chi connectivity index (χ1n) is 10.3. The first-order valence-corrected chi connectivity index (χ1v) is 10.3. The van der Waals surface area contributed by atoms with E-state index in [0.29, 0.717) is 34.7 Å². The minimum Gasteiger partial charge on any atom is -0.406 e. The van der Waals surface area contributed by atoms with Gasteiger partial charge in [-0.25, -0.2) is 15.0 Å². The Labute approximate surface area is 198 Å². The van der Waals surface area contributed by atoms with Gasteiger partial charge in [-0.05, 0) is 61.5 Å². The van der Waals surface area contributed by atoms with Crippen molar-refractivity contribution in [3.63, 3.8) is 0 Å². The Morgan fingerprint density at radius 2 is 1.54 bits per heavy atom. The van der Waals surface area contributed by atoms with E-state index in [1.165, 1.54) is 12.1 Å². The highest BCUT2D eigenvalue weighted by atomic mass is 19.4. The number of halogens is 3. The molecule has 0 unspecified atom stereocenters. The molecule has 8 nitrogen and oxygen atoms in total. The van der Waals surface area contributed by atoms with Crippen molar-refractivity contribution in [1.82, 2.24) is 15.0 Å². The Kier molecular flexibility index (Phi) is 6.76. The van der Waals surface area contributed by atoms with Gasteiger partial charge < -0.3 is 20.7 Å². The van der Waals surface area contributed by atoms with E-state index in [1.807, 2.05) is 18.2 Å². The summed E-state index contributed by atoms with van der Waals surface area (Å²) in [6, 6.07) is 18.8. The summed E-state index contributed by atoms with van der Waals surface area (Å²) in [5.41, 5.74) is 1.18. The van der Waals surface area contributed by atoms with Gasteiger partial charge in [-0.2, -0.15) is 0 Å².